The number of para-hydroxylation sites is 1. The van der Waals surface area contributed by atoms with E-state index < -0.39 is 11.6 Å². The molecule has 0 saturated heterocycles. The molecule has 0 unspecified atom stereocenters. The molecule has 0 radical (unpaired) electrons. The Balaban J connectivity index is 1.79. The molecule has 0 aliphatic rings. The van der Waals surface area contributed by atoms with Crippen LogP contribution in [-0.2, 0) is 22.6 Å². The van der Waals surface area contributed by atoms with Crippen LogP contribution in [0.3, 0.4) is 0 Å². The van der Waals surface area contributed by atoms with Gasteiger partial charge in [-0.1, -0.05) is 25.1 Å². The topological polar surface area (TPSA) is 61.4 Å². The zero-order valence-corrected chi connectivity index (χ0v) is 15.4. The van der Waals surface area contributed by atoms with Crippen molar-refractivity contribution >= 4 is 17.5 Å². The average Bonchev–Trinajstić information content (AvgIpc) is 2.59. The van der Waals surface area contributed by atoms with Gasteiger partial charge < -0.3 is 10.6 Å². The molecule has 2 amide bonds. The van der Waals surface area contributed by atoms with Crippen LogP contribution >= 0.6 is 0 Å². The molecule has 0 heterocycles. The second-order valence-corrected chi connectivity index (χ2v) is 6.29. The zero-order chi connectivity index (χ0) is 19.8. The fraction of sp³-hybridized carbons (Fsp3) is 0.300. The first-order chi connectivity index (χ1) is 12.9. The lowest BCUT2D eigenvalue weighted by molar-refractivity contribution is -0.123. The van der Waals surface area contributed by atoms with Crippen molar-refractivity contribution in [2.24, 2.45) is 0 Å². The molecular formula is C20H23F2N3O2. The van der Waals surface area contributed by atoms with Crippen LogP contribution in [0.15, 0.2) is 42.5 Å². The number of hydrogen-bond donors (Lipinski definition) is 2. The van der Waals surface area contributed by atoms with E-state index in [0.717, 1.165) is 35.9 Å². The highest BCUT2D eigenvalue weighted by Crippen LogP contribution is 2.15. The lowest BCUT2D eigenvalue weighted by Crippen LogP contribution is -2.38. The SMILES string of the molecule is CCc1ccccc1NC(=O)CN(C)CC(=O)NCc1cc(F)cc(F)c1. The molecule has 0 bridgehead atoms. The number of carbonyl (C=O) groups excluding carboxylic acids is 2. The van der Waals surface area contributed by atoms with Crippen LogP contribution in [0.1, 0.15) is 18.1 Å². The summed E-state index contributed by atoms with van der Waals surface area (Å²) in [5, 5.41) is 5.42. The number of halogens is 2. The van der Waals surface area contributed by atoms with Gasteiger partial charge >= 0.3 is 0 Å². The molecule has 2 aromatic rings. The van der Waals surface area contributed by atoms with Crippen molar-refractivity contribution in [1.82, 2.24) is 10.2 Å². The number of nitrogens with one attached hydrogen (secondary N) is 2. The molecule has 0 aromatic heterocycles. The van der Waals surface area contributed by atoms with E-state index in [2.05, 4.69) is 10.6 Å². The number of likely N-dealkylation sites (N-methyl/N-ethyl adjacent to an activating group) is 1. The molecule has 0 atom stereocenters. The van der Waals surface area contributed by atoms with Crippen molar-refractivity contribution in [3.05, 3.63) is 65.2 Å². The van der Waals surface area contributed by atoms with Crippen LogP contribution in [0.5, 0.6) is 0 Å². The Labute approximate surface area is 157 Å². The number of nitrogens with zero attached hydrogens (tertiary/aromatic N) is 1. The second-order valence-electron chi connectivity index (χ2n) is 6.29. The van der Waals surface area contributed by atoms with Gasteiger partial charge in [-0.15, -0.1) is 0 Å². The quantitative estimate of drug-likeness (QED) is 0.746. The Morgan fingerprint density at radius 3 is 2.30 bits per heavy atom. The Kier molecular flexibility index (Phi) is 7.43. The standard InChI is InChI=1S/C20H23F2N3O2/c1-3-15-6-4-5-7-18(15)24-20(27)13-25(2)12-19(26)23-11-14-8-16(21)10-17(22)9-14/h4-10H,3,11-13H2,1-2H3,(H,23,26)(H,24,27). The summed E-state index contributed by atoms with van der Waals surface area (Å²) in [7, 11) is 1.65. The summed E-state index contributed by atoms with van der Waals surface area (Å²) in [5.41, 5.74) is 2.13. The first-order valence-corrected chi connectivity index (χ1v) is 8.65. The summed E-state index contributed by atoms with van der Waals surface area (Å²) >= 11 is 0. The third kappa shape index (κ3) is 6.79. The number of aryl methyl sites for hydroxylation is 1. The van der Waals surface area contributed by atoms with E-state index in [1.54, 1.807) is 11.9 Å². The maximum absolute atomic E-state index is 13.1. The molecule has 2 N–H and O–H groups in total. The van der Waals surface area contributed by atoms with Gasteiger partial charge in [0.1, 0.15) is 11.6 Å². The van der Waals surface area contributed by atoms with Gasteiger partial charge in [-0.05, 0) is 42.8 Å². The summed E-state index contributed by atoms with van der Waals surface area (Å²) in [6, 6.07) is 10.6. The molecule has 0 saturated carbocycles. The van der Waals surface area contributed by atoms with Crippen molar-refractivity contribution in [3.8, 4) is 0 Å². The predicted octanol–water partition coefficient (Wildman–Crippen LogP) is 2.71. The molecule has 5 nitrogen and oxygen atoms in total. The van der Waals surface area contributed by atoms with Gasteiger partial charge in [0, 0.05) is 18.3 Å². The van der Waals surface area contributed by atoms with Gasteiger partial charge in [0.2, 0.25) is 11.8 Å². The summed E-state index contributed by atoms with van der Waals surface area (Å²) in [4.78, 5) is 25.7. The van der Waals surface area contributed by atoms with Gasteiger partial charge in [0.05, 0.1) is 13.1 Å². The number of hydrogen-bond acceptors (Lipinski definition) is 3. The minimum Gasteiger partial charge on any atom is -0.351 e. The van der Waals surface area contributed by atoms with E-state index in [1.807, 2.05) is 31.2 Å². The maximum Gasteiger partial charge on any atom is 0.238 e. The summed E-state index contributed by atoms with van der Waals surface area (Å²) < 4.78 is 26.3. The first-order valence-electron chi connectivity index (χ1n) is 8.65. The van der Waals surface area contributed by atoms with Crippen LogP contribution in [0.25, 0.3) is 0 Å². The number of anilines is 1. The van der Waals surface area contributed by atoms with Crippen LogP contribution < -0.4 is 10.6 Å². The van der Waals surface area contributed by atoms with Gasteiger partial charge in [-0.25, -0.2) is 8.78 Å². The summed E-state index contributed by atoms with van der Waals surface area (Å²) in [6.07, 6.45) is 0.801. The average molecular weight is 375 g/mol. The predicted molar refractivity (Wildman–Crippen MR) is 100 cm³/mol. The van der Waals surface area contributed by atoms with Gasteiger partial charge in [0.15, 0.2) is 0 Å². The zero-order valence-electron chi connectivity index (χ0n) is 15.4. The van der Waals surface area contributed by atoms with Crippen LogP contribution in [0.2, 0.25) is 0 Å². The van der Waals surface area contributed by atoms with Crippen molar-refractivity contribution in [2.45, 2.75) is 19.9 Å². The van der Waals surface area contributed by atoms with Crippen molar-refractivity contribution < 1.29 is 18.4 Å². The largest absolute Gasteiger partial charge is 0.351 e. The van der Waals surface area contributed by atoms with Gasteiger partial charge in [0.25, 0.3) is 0 Å². The smallest absolute Gasteiger partial charge is 0.238 e. The normalized spacial score (nSPS) is 10.7. The first kappa shape index (κ1) is 20.5. The van der Waals surface area contributed by atoms with E-state index in [1.165, 1.54) is 0 Å². The monoisotopic (exact) mass is 375 g/mol. The Morgan fingerprint density at radius 2 is 1.63 bits per heavy atom. The van der Waals surface area contributed by atoms with E-state index in [0.29, 0.717) is 5.56 Å². The lowest BCUT2D eigenvalue weighted by atomic mass is 10.1. The Morgan fingerprint density at radius 1 is 1.00 bits per heavy atom. The number of rotatable bonds is 8. The minimum absolute atomic E-state index is 0.0113. The third-order valence-corrected chi connectivity index (χ3v) is 3.91. The molecule has 0 fully saturated rings. The van der Waals surface area contributed by atoms with Gasteiger partial charge in [-0.2, -0.15) is 0 Å². The van der Waals surface area contributed by atoms with Crippen LogP contribution in [0.4, 0.5) is 14.5 Å². The Bertz CT molecular complexity index is 791. The molecule has 2 rings (SSSR count). The number of benzene rings is 2. The number of carbonyl (C=O) groups is 2. The highest BCUT2D eigenvalue weighted by atomic mass is 19.1. The van der Waals surface area contributed by atoms with Crippen molar-refractivity contribution in [2.75, 3.05) is 25.5 Å². The second kappa shape index (κ2) is 9.78. The van der Waals surface area contributed by atoms with E-state index in [4.69, 9.17) is 0 Å². The van der Waals surface area contributed by atoms with Crippen LogP contribution in [0, 0.1) is 11.6 Å². The van der Waals surface area contributed by atoms with E-state index in [-0.39, 0.29) is 31.4 Å². The molecule has 2 aromatic carbocycles. The fourth-order valence-electron chi connectivity index (χ4n) is 2.66. The molecule has 27 heavy (non-hydrogen) atoms. The van der Waals surface area contributed by atoms with Crippen molar-refractivity contribution in [1.29, 1.82) is 0 Å². The van der Waals surface area contributed by atoms with E-state index >= 15 is 0 Å². The molecule has 0 aliphatic carbocycles. The van der Waals surface area contributed by atoms with Crippen molar-refractivity contribution in [3.63, 3.8) is 0 Å². The number of amides is 2. The highest BCUT2D eigenvalue weighted by Gasteiger charge is 2.12. The molecule has 144 valence electrons. The Hall–Kier alpha value is -2.80. The summed E-state index contributed by atoms with van der Waals surface area (Å²) in [6.45, 7) is 2.05. The van der Waals surface area contributed by atoms with Crippen LogP contribution in [-0.4, -0.2) is 36.9 Å². The lowest BCUT2D eigenvalue weighted by Gasteiger charge is -2.17. The molecule has 7 heteroatoms. The molecule has 0 spiro atoms. The summed E-state index contributed by atoms with van der Waals surface area (Å²) in [5.74, 6) is -1.96. The van der Waals surface area contributed by atoms with Gasteiger partial charge in [-0.3, -0.25) is 14.5 Å². The highest BCUT2D eigenvalue weighted by molar-refractivity contribution is 5.93. The third-order valence-electron chi connectivity index (χ3n) is 3.91. The molecule has 0 aliphatic heterocycles. The maximum atomic E-state index is 13.1. The molecular weight excluding hydrogens is 352 g/mol. The minimum atomic E-state index is -0.694. The van der Waals surface area contributed by atoms with E-state index in [9.17, 15) is 18.4 Å². The fourth-order valence-corrected chi connectivity index (χ4v) is 2.66.